The first-order chi connectivity index (χ1) is 12.9. The summed E-state index contributed by atoms with van der Waals surface area (Å²) in [5, 5.41) is 0. The Bertz CT molecular complexity index is 552. The van der Waals surface area contributed by atoms with Gasteiger partial charge in [0.05, 0.1) is 0 Å². The number of unbranched alkanes of at least 4 members (excludes halogenated alkanes) is 3. The molecule has 1 aromatic carbocycles. The first-order valence-corrected chi connectivity index (χ1v) is 18.2. The Labute approximate surface area is 169 Å². The summed E-state index contributed by atoms with van der Waals surface area (Å²) in [5.41, 5.74) is 0. The molecule has 0 aliphatic carbocycles. The minimum atomic E-state index is -3.07. The monoisotopic (exact) mass is 488 g/mol. The summed E-state index contributed by atoms with van der Waals surface area (Å²) in [6.45, 7) is 12.3. The second kappa shape index (κ2) is 12.8. The summed E-state index contributed by atoms with van der Waals surface area (Å²) in [6.07, 6.45) is 9.05. The van der Waals surface area contributed by atoms with E-state index < -0.39 is 24.2 Å². The van der Waals surface area contributed by atoms with E-state index in [0.29, 0.717) is 12.2 Å². The zero-order valence-corrected chi connectivity index (χ0v) is 20.6. The molecule has 0 bridgehead atoms. The number of halogens is 2. The van der Waals surface area contributed by atoms with Gasteiger partial charge in [-0.2, -0.15) is 0 Å². The van der Waals surface area contributed by atoms with E-state index in [9.17, 15) is 4.39 Å². The molecule has 0 N–H and O–H groups in total. The number of hydrogen-bond acceptors (Lipinski definition) is 1. The molecular weight excluding hydrogens is 449 g/mol. The van der Waals surface area contributed by atoms with Crippen LogP contribution in [0.15, 0.2) is 24.8 Å². The van der Waals surface area contributed by atoms with E-state index in [0.717, 1.165) is 61.5 Å². The van der Waals surface area contributed by atoms with Gasteiger partial charge in [0.2, 0.25) is 0 Å². The average molecular weight is 487 g/mol. The summed E-state index contributed by atoms with van der Waals surface area (Å²) >= 11 is -3.07. The van der Waals surface area contributed by atoms with E-state index in [1.54, 1.807) is 6.08 Å². The molecule has 0 heterocycles. The van der Waals surface area contributed by atoms with Gasteiger partial charge in [-0.25, -0.2) is 0 Å². The fraction of sp³-hybridized carbons (Fsp3) is 0.652. The Balaban J connectivity index is 3.48. The van der Waals surface area contributed by atoms with Crippen LogP contribution < -0.4 is 8.32 Å². The molecule has 1 rings (SSSR count). The molecule has 1 atom stereocenters. The summed E-state index contributed by atoms with van der Waals surface area (Å²) < 4.78 is 39.6. The van der Waals surface area contributed by atoms with E-state index in [4.69, 9.17) is 4.74 Å². The molecule has 0 saturated carbocycles. The fourth-order valence-corrected chi connectivity index (χ4v) is 20.6. The van der Waals surface area contributed by atoms with Gasteiger partial charge >= 0.3 is 170 Å². The zero-order chi connectivity index (χ0) is 20.3. The summed E-state index contributed by atoms with van der Waals surface area (Å²) in [7, 11) is 0. The Morgan fingerprint density at radius 1 is 1.00 bits per heavy atom. The Morgan fingerprint density at radius 2 is 1.52 bits per heavy atom. The van der Waals surface area contributed by atoms with E-state index in [1.807, 2.05) is 6.92 Å². The number of rotatable bonds is 14. The predicted molar refractivity (Wildman–Crippen MR) is 116 cm³/mol. The summed E-state index contributed by atoms with van der Waals surface area (Å²) in [6, 6.07) is 2.50. The molecule has 1 aromatic rings. The third-order valence-corrected chi connectivity index (χ3v) is 21.0. The van der Waals surface area contributed by atoms with Crippen LogP contribution in [0.2, 0.25) is 13.3 Å². The molecule has 0 aliphatic rings. The normalized spacial score (nSPS) is 12.8. The third-order valence-electron chi connectivity index (χ3n) is 5.40. The van der Waals surface area contributed by atoms with Gasteiger partial charge in [-0.3, -0.25) is 0 Å². The van der Waals surface area contributed by atoms with Crippen molar-refractivity contribution >= 4 is 22.0 Å². The topological polar surface area (TPSA) is 9.23 Å². The SMILES string of the molecule is C=CCC(C)Oc1cc(F)cc(F)[c]1[Sn]([CH2]CCC)([CH2]CCC)[CH2]CCC. The van der Waals surface area contributed by atoms with Gasteiger partial charge in [0, 0.05) is 0 Å². The van der Waals surface area contributed by atoms with Gasteiger partial charge in [0.25, 0.3) is 0 Å². The molecule has 1 nitrogen and oxygen atoms in total. The molecule has 0 radical (unpaired) electrons. The van der Waals surface area contributed by atoms with Crippen LogP contribution in [0, 0.1) is 11.6 Å². The van der Waals surface area contributed by atoms with Crippen LogP contribution in [0.5, 0.6) is 5.75 Å². The minimum absolute atomic E-state index is 0.130. The van der Waals surface area contributed by atoms with Crippen LogP contribution in [-0.4, -0.2) is 24.5 Å². The van der Waals surface area contributed by atoms with Crippen molar-refractivity contribution in [1.82, 2.24) is 0 Å². The first-order valence-electron chi connectivity index (χ1n) is 10.7. The molecule has 0 aliphatic heterocycles. The number of ether oxygens (including phenoxy) is 1. The molecular formula is C23H38F2OSn. The van der Waals surface area contributed by atoms with Gasteiger partial charge in [0.15, 0.2) is 0 Å². The average Bonchev–Trinajstić information content (AvgIpc) is 2.62. The van der Waals surface area contributed by atoms with Crippen molar-refractivity contribution in [2.75, 3.05) is 0 Å². The van der Waals surface area contributed by atoms with Crippen LogP contribution in [0.3, 0.4) is 0 Å². The summed E-state index contributed by atoms with van der Waals surface area (Å²) in [5.74, 6) is -0.436. The molecule has 0 fully saturated rings. The van der Waals surface area contributed by atoms with Gasteiger partial charge in [-0.15, -0.1) is 0 Å². The molecule has 27 heavy (non-hydrogen) atoms. The molecule has 1 unspecified atom stereocenters. The van der Waals surface area contributed by atoms with Crippen molar-refractivity contribution in [2.45, 2.75) is 92.1 Å². The van der Waals surface area contributed by atoms with Gasteiger partial charge in [-0.1, -0.05) is 0 Å². The van der Waals surface area contributed by atoms with E-state index in [1.165, 1.54) is 6.07 Å². The Kier molecular flexibility index (Phi) is 11.6. The van der Waals surface area contributed by atoms with E-state index in [2.05, 4.69) is 27.4 Å². The van der Waals surface area contributed by atoms with Gasteiger partial charge in [-0.05, 0) is 0 Å². The fourth-order valence-electron chi connectivity index (χ4n) is 3.95. The molecule has 0 spiro atoms. The second-order valence-electron chi connectivity index (χ2n) is 7.80. The van der Waals surface area contributed by atoms with Crippen molar-refractivity contribution in [2.24, 2.45) is 0 Å². The Morgan fingerprint density at radius 3 is 1.96 bits per heavy atom. The maximum atomic E-state index is 15.2. The van der Waals surface area contributed by atoms with Crippen molar-refractivity contribution < 1.29 is 13.5 Å². The molecule has 0 aromatic heterocycles. The number of benzene rings is 1. The van der Waals surface area contributed by atoms with Crippen molar-refractivity contribution in [1.29, 1.82) is 0 Å². The zero-order valence-electron chi connectivity index (χ0n) is 17.8. The van der Waals surface area contributed by atoms with E-state index >= 15 is 4.39 Å². The standard InChI is InChI=1S/C11H11F2O.3C4H9.Sn/c1-3-4-8(2)14-11-6-9(12)5-10(13)7-11;3*1-3-4-2;/h3,5-6,8H,1,4H2,2H3;3*1,3-4H2,2H3;. The van der Waals surface area contributed by atoms with Crippen LogP contribution >= 0.6 is 0 Å². The Hall–Kier alpha value is -0.581. The summed E-state index contributed by atoms with van der Waals surface area (Å²) in [4.78, 5) is 0. The second-order valence-corrected chi connectivity index (χ2v) is 20.8. The van der Waals surface area contributed by atoms with Crippen molar-refractivity contribution in [3.63, 3.8) is 0 Å². The third kappa shape index (κ3) is 7.39. The van der Waals surface area contributed by atoms with Crippen LogP contribution in [0.25, 0.3) is 0 Å². The van der Waals surface area contributed by atoms with Gasteiger partial charge in [0.1, 0.15) is 0 Å². The van der Waals surface area contributed by atoms with Crippen LogP contribution in [0.4, 0.5) is 8.78 Å². The molecule has 0 saturated heterocycles. The maximum absolute atomic E-state index is 15.2. The molecule has 4 heteroatoms. The van der Waals surface area contributed by atoms with Crippen LogP contribution in [0.1, 0.15) is 72.6 Å². The van der Waals surface area contributed by atoms with Gasteiger partial charge < -0.3 is 0 Å². The molecule has 154 valence electrons. The number of hydrogen-bond donors (Lipinski definition) is 0. The van der Waals surface area contributed by atoms with E-state index in [-0.39, 0.29) is 11.9 Å². The predicted octanol–water partition coefficient (Wildman–Crippen LogP) is 7.36. The van der Waals surface area contributed by atoms with Crippen molar-refractivity contribution in [3.05, 3.63) is 36.4 Å². The van der Waals surface area contributed by atoms with Crippen LogP contribution in [-0.2, 0) is 0 Å². The van der Waals surface area contributed by atoms with Crippen molar-refractivity contribution in [3.8, 4) is 5.75 Å². The first kappa shape index (κ1) is 24.5. The quantitative estimate of drug-likeness (QED) is 0.197. The molecule has 0 amide bonds.